The molecule has 1 unspecified atom stereocenters. The number of morpholine rings is 1. The minimum absolute atomic E-state index is 0.0219. The second-order valence-electron chi connectivity index (χ2n) is 2.11. The lowest BCUT2D eigenvalue weighted by Crippen LogP contribution is -2.46. The number of rotatable bonds is 3. The second-order valence-corrected chi connectivity index (χ2v) is 2.11. The van der Waals surface area contributed by atoms with Gasteiger partial charge >= 0.3 is 0 Å². The van der Waals surface area contributed by atoms with Gasteiger partial charge in [-0.3, -0.25) is 4.84 Å². The van der Waals surface area contributed by atoms with Crippen molar-refractivity contribution in [3.05, 3.63) is 0 Å². The molecule has 1 aliphatic rings. The summed E-state index contributed by atoms with van der Waals surface area (Å²) >= 11 is 0. The smallest absolute Gasteiger partial charge is 0.142 e. The molecule has 1 fully saturated rings. The Hall–Kier alpha value is -0.160. The number of ether oxygens (including phenoxy) is 1. The van der Waals surface area contributed by atoms with E-state index >= 15 is 0 Å². The van der Waals surface area contributed by atoms with E-state index in [2.05, 4.69) is 10.8 Å². The van der Waals surface area contributed by atoms with Crippen LogP contribution in [0.25, 0.3) is 0 Å². The summed E-state index contributed by atoms with van der Waals surface area (Å²) in [5.74, 6) is 0. The summed E-state index contributed by atoms with van der Waals surface area (Å²) in [6.07, 6.45) is 0.0219. The van der Waals surface area contributed by atoms with Crippen LogP contribution in [0.15, 0.2) is 0 Å². The predicted octanol–water partition coefficient (Wildman–Crippen LogP) is -0.527. The van der Waals surface area contributed by atoms with E-state index < -0.39 is 0 Å². The molecular weight excluding hydrogens is 132 g/mol. The maximum absolute atomic E-state index is 5.28. The molecule has 60 valence electrons. The Kier molecular flexibility index (Phi) is 3.67. The molecule has 1 rings (SSSR count). The van der Waals surface area contributed by atoms with Crippen molar-refractivity contribution in [2.75, 3.05) is 26.3 Å². The van der Waals surface area contributed by atoms with Crippen LogP contribution in [0.3, 0.4) is 0 Å². The van der Waals surface area contributed by atoms with Crippen LogP contribution >= 0.6 is 0 Å². The molecule has 0 amide bonds. The first-order valence-electron chi connectivity index (χ1n) is 3.63. The van der Waals surface area contributed by atoms with Crippen LogP contribution in [-0.2, 0) is 9.57 Å². The van der Waals surface area contributed by atoms with E-state index in [1.807, 2.05) is 6.92 Å². The molecule has 1 aliphatic heterocycles. The summed E-state index contributed by atoms with van der Waals surface area (Å²) < 4.78 is 5.28. The van der Waals surface area contributed by atoms with Gasteiger partial charge in [0.25, 0.3) is 0 Å². The van der Waals surface area contributed by atoms with Gasteiger partial charge in [0.15, 0.2) is 0 Å². The van der Waals surface area contributed by atoms with E-state index in [4.69, 9.17) is 9.57 Å². The van der Waals surface area contributed by atoms with Gasteiger partial charge in [0.05, 0.1) is 13.2 Å². The Morgan fingerprint density at radius 3 is 3.30 bits per heavy atom. The summed E-state index contributed by atoms with van der Waals surface area (Å²) in [4.78, 5) is 4.96. The molecule has 0 aliphatic carbocycles. The molecule has 1 saturated heterocycles. The van der Waals surface area contributed by atoms with Gasteiger partial charge in [0.2, 0.25) is 0 Å². The predicted molar refractivity (Wildman–Crippen MR) is 37.4 cm³/mol. The summed E-state index contributed by atoms with van der Waals surface area (Å²) in [6.45, 7) is 5.11. The summed E-state index contributed by atoms with van der Waals surface area (Å²) in [5.41, 5.74) is 2.79. The third-order valence-corrected chi connectivity index (χ3v) is 1.29. The molecule has 4 nitrogen and oxygen atoms in total. The Labute approximate surface area is 60.8 Å². The number of hydrogen-bond donors (Lipinski definition) is 2. The SMILES string of the molecule is CCONC1CNCCO1. The molecule has 1 atom stereocenters. The van der Waals surface area contributed by atoms with Crippen LogP contribution in [0.1, 0.15) is 6.92 Å². The van der Waals surface area contributed by atoms with E-state index in [0.29, 0.717) is 6.61 Å². The molecule has 0 aromatic carbocycles. The molecular formula is C6H14N2O2. The molecule has 0 bridgehead atoms. The first-order chi connectivity index (χ1) is 4.93. The van der Waals surface area contributed by atoms with Gasteiger partial charge in [0, 0.05) is 13.1 Å². The molecule has 0 saturated carbocycles. The fourth-order valence-electron chi connectivity index (χ4n) is 0.817. The molecule has 0 radical (unpaired) electrons. The van der Waals surface area contributed by atoms with Crippen molar-refractivity contribution >= 4 is 0 Å². The van der Waals surface area contributed by atoms with Crippen molar-refractivity contribution in [1.82, 2.24) is 10.8 Å². The molecule has 0 aromatic heterocycles. The first-order valence-corrected chi connectivity index (χ1v) is 3.63. The highest BCUT2D eigenvalue weighted by Gasteiger charge is 2.11. The third-order valence-electron chi connectivity index (χ3n) is 1.29. The maximum atomic E-state index is 5.28. The lowest BCUT2D eigenvalue weighted by atomic mass is 10.5. The van der Waals surface area contributed by atoms with Crippen molar-refractivity contribution in [1.29, 1.82) is 0 Å². The Morgan fingerprint density at radius 1 is 1.80 bits per heavy atom. The van der Waals surface area contributed by atoms with E-state index in [1.54, 1.807) is 0 Å². The third kappa shape index (κ3) is 2.62. The largest absolute Gasteiger partial charge is 0.359 e. The van der Waals surface area contributed by atoms with Gasteiger partial charge in [-0.2, -0.15) is 5.48 Å². The lowest BCUT2D eigenvalue weighted by molar-refractivity contribution is -0.0974. The van der Waals surface area contributed by atoms with E-state index in [-0.39, 0.29) is 6.23 Å². The van der Waals surface area contributed by atoms with E-state index in [0.717, 1.165) is 19.7 Å². The Bertz CT molecular complexity index is 83.8. The zero-order valence-electron chi connectivity index (χ0n) is 6.22. The van der Waals surface area contributed by atoms with Gasteiger partial charge in [-0.25, -0.2) is 0 Å². The normalized spacial score (nSPS) is 26.7. The van der Waals surface area contributed by atoms with Crippen LogP contribution in [-0.4, -0.2) is 32.5 Å². The monoisotopic (exact) mass is 146 g/mol. The lowest BCUT2D eigenvalue weighted by Gasteiger charge is -2.23. The van der Waals surface area contributed by atoms with Crippen LogP contribution in [0.4, 0.5) is 0 Å². The summed E-state index contributed by atoms with van der Waals surface area (Å²) in [5, 5.41) is 3.18. The quantitative estimate of drug-likeness (QED) is 0.525. The summed E-state index contributed by atoms with van der Waals surface area (Å²) in [7, 11) is 0. The van der Waals surface area contributed by atoms with Crippen molar-refractivity contribution < 1.29 is 9.57 Å². The van der Waals surface area contributed by atoms with E-state index in [1.165, 1.54) is 0 Å². The van der Waals surface area contributed by atoms with Crippen LogP contribution < -0.4 is 10.8 Å². The standard InChI is InChI=1S/C6H14N2O2/c1-2-10-8-6-5-7-3-4-9-6/h6-8H,2-5H2,1H3. The molecule has 1 heterocycles. The van der Waals surface area contributed by atoms with Crippen LogP contribution in [0.2, 0.25) is 0 Å². The zero-order chi connectivity index (χ0) is 7.23. The highest BCUT2D eigenvalue weighted by atomic mass is 16.7. The number of nitrogens with one attached hydrogen (secondary N) is 2. The van der Waals surface area contributed by atoms with Gasteiger partial charge in [0.1, 0.15) is 6.23 Å². The molecule has 0 aromatic rings. The average molecular weight is 146 g/mol. The van der Waals surface area contributed by atoms with Gasteiger partial charge in [-0.15, -0.1) is 0 Å². The van der Waals surface area contributed by atoms with Crippen molar-refractivity contribution in [3.63, 3.8) is 0 Å². The van der Waals surface area contributed by atoms with Gasteiger partial charge in [-0.1, -0.05) is 0 Å². The maximum Gasteiger partial charge on any atom is 0.142 e. The minimum Gasteiger partial charge on any atom is -0.359 e. The first kappa shape index (κ1) is 7.94. The second kappa shape index (κ2) is 4.62. The van der Waals surface area contributed by atoms with E-state index in [9.17, 15) is 0 Å². The van der Waals surface area contributed by atoms with Crippen molar-refractivity contribution in [3.8, 4) is 0 Å². The topological polar surface area (TPSA) is 42.5 Å². The molecule has 10 heavy (non-hydrogen) atoms. The van der Waals surface area contributed by atoms with Gasteiger partial charge < -0.3 is 10.1 Å². The molecule has 2 N–H and O–H groups in total. The fraction of sp³-hybridized carbons (Fsp3) is 1.00. The number of hydroxylamine groups is 1. The van der Waals surface area contributed by atoms with Gasteiger partial charge in [-0.05, 0) is 6.92 Å². The van der Waals surface area contributed by atoms with Crippen molar-refractivity contribution in [2.24, 2.45) is 0 Å². The zero-order valence-corrected chi connectivity index (χ0v) is 6.22. The molecule has 0 spiro atoms. The average Bonchev–Trinajstić information content (AvgIpc) is 2.03. The highest BCUT2D eigenvalue weighted by Crippen LogP contribution is 1.90. The molecule has 4 heteroatoms. The van der Waals surface area contributed by atoms with Crippen LogP contribution in [0.5, 0.6) is 0 Å². The fourth-order valence-corrected chi connectivity index (χ4v) is 0.817. The number of hydrogen-bond acceptors (Lipinski definition) is 4. The van der Waals surface area contributed by atoms with Crippen LogP contribution in [0, 0.1) is 0 Å². The Balaban J connectivity index is 2.02. The summed E-state index contributed by atoms with van der Waals surface area (Å²) in [6, 6.07) is 0. The highest BCUT2D eigenvalue weighted by molar-refractivity contribution is 4.60. The Morgan fingerprint density at radius 2 is 2.70 bits per heavy atom. The van der Waals surface area contributed by atoms with Crippen molar-refractivity contribution in [2.45, 2.75) is 13.2 Å². The minimum atomic E-state index is 0.0219.